The highest BCUT2D eigenvalue weighted by atomic mass is 19.1. The van der Waals surface area contributed by atoms with Gasteiger partial charge in [-0.3, -0.25) is 19.9 Å². The largest absolute Gasteiger partial charge is 0.353 e. The molecular formula is C32H22FN7O. The number of benzene rings is 2. The Bertz CT molecular complexity index is 2060. The van der Waals surface area contributed by atoms with Crippen LogP contribution in [-0.4, -0.2) is 36.0 Å². The third-order valence-corrected chi connectivity index (χ3v) is 6.85. The highest BCUT2D eigenvalue weighted by Gasteiger charge is 2.17. The van der Waals surface area contributed by atoms with Crippen molar-refractivity contribution in [2.75, 3.05) is 5.32 Å². The minimum absolute atomic E-state index is 0.217. The molecule has 0 aliphatic heterocycles. The second-order valence-corrected chi connectivity index (χ2v) is 9.77. The van der Waals surface area contributed by atoms with E-state index in [0.717, 1.165) is 33.2 Å². The first-order chi connectivity index (χ1) is 20.0. The first kappa shape index (κ1) is 24.3. The van der Waals surface area contributed by atoms with Crippen LogP contribution in [0.3, 0.4) is 0 Å². The fourth-order valence-corrected chi connectivity index (χ4v) is 4.97. The zero-order chi connectivity index (χ0) is 27.9. The maximum Gasteiger partial charge on any atom is 0.255 e. The van der Waals surface area contributed by atoms with Crippen molar-refractivity contribution in [3.05, 3.63) is 114 Å². The Morgan fingerprint density at radius 1 is 0.878 bits per heavy atom. The smallest absolute Gasteiger partial charge is 0.255 e. The molecular weight excluding hydrogens is 517 g/mol. The summed E-state index contributed by atoms with van der Waals surface area (Å²) >= 11 is 0. The van der Waals surface area contributed by atoms with Crippen LogP contribution < -0.4 is 5.32 Å². The van der Waals surface area contributed by atoms with Gasteiger partial charge in [0.1, 0.15) is 17.0 Å². The third kappa shape index (κ3) is 4.59. The Morgan fingerprint density at radius 3 is 2.61 bits per heavy atom. The summed E-state index contributed by atoms with van der Waals surface area (Å²) in [5, 5.41) is 11.4. The first-order valence-corrected chi connectivity index (χ1v) is 12.9. The number of carbonyl (C=O) groups excluding carboxylic acids is 1. The van der Waals surface area contributed by atoms with Crippen LogP contribution in [0.5, 0.6) is 0 Å². The zero-order valence-electron chi connectivity index (χ0n) is 21.8. The molecule has 0 unspecified atom stereocenters. The standard InChI is InChI=1S/C32H22FN7O/c1-18-11-20(13-22(33)12-18)29-24-15-28(37-26(24)9-10-35-29)31-30-27(39-40-31)8-7-25(38-30)21-14-23(17-34-16-21)36-32(41)19-5-3-2-4-6-19/h2-17,37H,1H3,(H,36,41)(H,39,40). The summed E-state index contributed by atoms with van der Waals surface area (Å²) in [6, 6.07) is 23.4. The van der Waals surface area contributed by atoms with E-state index < -0.39 is 0 Å². The topological polar surface area (TPSA) is 112 Å². The van der Waals surface area contributed by atoms with E-state index in [2.05, 4.69) is 30.5 Å². The molecule has 3 N–H and O–H groups in total. The van der Waals surface area contributed by atoms with Gasteiger partial charge in [0, 0.05) is 40.0 Å². The molecule has 9 heteroatoms. The van der Waals surface area contributed by atoms with Gasteiger partial charge in [-0.25, -0.2) is 9.37 Å². The SMILES string of the molecule is Cc1cc(F)cc(-c2nccc3[nH]c(-c4n[nH]c5ccc(-c6cncc(NC(=O)c7ccccc7)c6)nc45)cc23)c1. The van der Waals surface area contributed by atoms with Gasteiger partial charge in [0.2, 0.25) is 0 Å². The minimum atomic E-state index is -0.303. The van der Waals surface area contributed by atoms with Crippen LogP contribution in [0.15, 0.2) is 97.5 Å². The number of H-pyrrole nitrogens is 2. The number of anilines is 1. The number of hydrogen-bond donors (Lipinski definition) is 3. The summed E-state index contributed by atoms with van der Waals surface area (Å²) in [5.41, 5.74) is 8.44. The average molecular weight is 540 g/mol. The Hall–Kier alpha value is -5.70. The molecule has 8 nitrogen and oxygen atoms in total. The van der Waals surface area contributed by atoms with E-state index in [4.69, 9.17) is 4.98 Å². The van der Waals surface area contributed by atoms with E-state index in [9.17, 15) is 9.18 Å². The number of aryl methyl sites for hydroxylation is 1. The second-order valence-electron chi connectivity index (χ2n) is 9.77. The minimum Gasteiger partial charge on any atom is -0.353 e. The van der Waals surface area contributed by atoms with Crippen molar-refractivity contribution in [2.45, 2.75) is 6.92 Å². The summed E-state index contributed by atoms with van der Waals surface area (Å²) in [5.74, 6) is -0.520. The van der Waals surface area contributed by atoms with Crippen LogP contribution in [0.1, 0.15) is 15.9 Å². The first-order valence-electron chi connectivity index (χ1n) is 12.9. The number of carbonyl (C=O) groups is 1. The molecule has 5 aromatic heterocycles. The van der Waals surface area contributed by atoms with Gasteiger partial charge in [-0.1, -0.05) is 18.2 Å². The summed E-state index contributed by atoms with van der Waals surface area (Å²) in [6.07, 6.45) is 5.00. The number of fused-ring (bicyclic) bond motifs is 2. The molecule has 2 aromatic carbocycles. The predicted octanol–water partition coefficient (Wildman–Crippen LogP) is 6.93. The van der Waals surface area contributed by atoms with Crippen molar-refractivity contribution in [3.8, 4) is 33.9 Å². The number of nitrogens with one attached hydrogen (secondary N) is 3. The van der Waals surface area contributed by atoms with Crippen molar-refractivity contribution in [2.24, 2.45) is 0 Å². The van der Waals surface area contributed by atoms with Crippen molar-refractivity contribution < 1.29 is 9.18 Å². The van der Waals surface area contributed by atoms with E-state index in [0.29, 0.717) is 39.4 Å². The van der Waals surface area contributed by atoms with Crippen molar-refractivity contribution in [3.63, 3.8) is 0 Å². The quantitative estimate of drug-likeness (QED) is 0.220. The van der Waals surface area contributed by atoms with Gasteiger partial charge >= 0.3 is 0 Å². The van der Waals surface area contributed by atoms with E-state index in [1.807, 2.05) is 61.5 Å². The normalized spacial score (nSPS) is 11.3. The summed E-state index contributed by atoms with van der Waals surface area (Å²) in [6.45, 7) is 1.86. The number of amides is 1. The molecule has 0 saturated carbocycles. The summed E-state index contributed by atoms with van der Waals surface area (Å²) in [7, 11) is 0. The lowest BCUT2D eigenvalue weighted by atomic mass is 10.0. The molecule has 1 amide bonds. The van der Waals surface area contributed by atoms with Gasteiger partial charge in [0.05, 0.1) is 34.5 Å². The fraction of sp³-hybridized carbons (Fsp3) is 0.0312. The number of nitrogens with zero attached hydrogens (tertiary/aromatic N) is 4. The lowest BCUT2D eigenvalue weighted by Gasteiger charge is -2.07. The molecule has 7 rings (SSSR count). The number of halogens is 1. The lowest BCUT2D eigenvalue weighted by Crippen LogP contribution is -2.11. The maximum absolute atomic E-state index is 14.2. The van der Waals surface area contributed by atoms with Crippen LogP contribution in [0.25, 0.3) is 55.8 Å². The molecule has 0 aliphatic rings. The Kier molecular flexibility index (Phi) is 5.82. The number of aromatic nitrogens is 6. The molecule has 0 bridgehead atoms. The van der Waals surface area contributed by atoms with Gasteiger partial charge in [0.25, 0.3) is 5.91 Å². The molecule has 0 fully saturated rings. The number of aromatic amines is 2. The fourth-order valence-electron chi connectivity index (χ4n) is 4.97. The molecule has 0 aliphatic carbocycles. The van der Waals surface area contributed by atoms with E-state index >= 15 is 0 Å². The van der Waals surface area contributed by atoms with E-state index in [1.165, 1.54) is 12.1 Å². The van der Waals surface area contributed by atoms with Gasteiger partial charge in [-0.05, 0) is 73.2 Å². The van der Waals surface area contributed by atoms with Gasteiger partial charge in [-0.15, -0.1) is 0 Å². The average Bonchev–Trinajstić information content (AvgIpc) is 3.61. The van der Waals surface area contributed by atoms with Gasteiger partial charge < -0.3 is 10.3 Å². The summed E-state index contributed by atoms with van der Waals surface area (Å²) in [4.78, 5) is 29.8. The van der Waals surface area contributed by atoms with E-state index in [1.54, 1.807) is 30.7 Å². The summed E-state index contributed by atoms with van der Waals surface area (Å²) < 4.78 is 14.2. The van der Waals surface area contributed by atoms with Crippen LogP contribution in [0.4, 0.5) is 10.1 Å². The van der Waals surface area contributed by atoms with Gasteiger partial charge in [0.15, 0.2) is 0 Å². The Morgan fingerprint density at radius 2 is 1.76 bits per heavy atom. The van der Waals surface area contributed by atoms with Crippen LogP contribution in [-0.2, 0) is 0 Å². The molecule has 0 atom stereocenters. The van der Waals surface area contributed by atoms with Crippen LogP contribution >= 0.6 is 0 Å². The van der Waals surface area contributed by atoms with Crippen LogP contribution in [0.2, 0.25) is 0 Å². The maximum atomic E-state index is 14.2. The monoisotopic (exact) mass is 539 g/mol. The molecule has 0 spiro atoms. The van der Waals surface area contributed by atoms with E-state index in [-0.39, 0.29) is 11.7 Å². The zero-order valence-corrected chi connectivity index (χ0v) is 21.8. The second kappa shape index (κ2) is 9.80. The number of rotatable bonds is 5. The Balaban J connectivity index is 1.25. The third-order valence-electron chi connectivity index (χ3n) is 6.85. The molecule has 41 heavy (non-hydrogen) atoms. The molecule has 198 valence electrons. The molecule has 5 heterocycles. The number of hydrogen-bond acceptors (Lipinski definition) is 5. The number of pyridine rings is 3. The molecule has 0 radical (unpaired) electrons. The highest BCUT2D eigenvalue weighted by Crippen LogP contribution is 2.34. The molecule has 7 aromatic rings. The molecule has 0 saturated heterocycles. The highest BCUT2D eigenvalue weighted by molar-refractivity contribution is 6.04. The van der Waals surface area contributed by atoms with Crippen LogP contribution in [0, 0.1) is 12.7 Å². The van der Waals surface area contributed by atoms with Crippen molar-refractivity contribution >= 4 is 33.5 Å². The lowest BCUT2D eigenvalue weighted by molar-refractivity contribution is 0.102. The predicted molar refractivity (Wildman–Crippen MR) is 157 cm³/mol. The Labute approximate surface area is 233 Å². The van der Waals surface area contributed by atoms with Crippen molar-refractivity contribution in [1.29, 1.82) is 0 Å². The van der Waals surface area contributed by atoms with Crippen molar-refractivity contribution in [1.82, 2.24) is 30.1 Å². The van der Waals surface area contributed by atoms with Gasteiger partial charge in [-0.2, -0.15) is 5.10 Å².